The van der Waals surface area contributed by atoms with E-state index in [2.05, 4.69) is 36.3 Å². The number of hydrogen-bond acceptors (Lipinski definition) is 5. The summed E-state index contributed by atoms with van der Waals surface area (Å²) in [5, 5.41) is 15.4. The van der Waals surface area contributed by atoms with Gasteiger partial charge in [-0.2, -0.15) is 0 Å². The maximum Gasteiger partial charge on any atom is 0.305 e. The molecule has 0 bridgehead atoms. The maximum absolute atomic E-state index is 13.5. The molecule has 9 heteroatoms. The van der Waals surface area contributed by atoms with Crippen LogP contribution in [0.2, 0.25) is 0 Å². The average Bonchev–Trinajstić information content (AvgIpc) is 3.23. The van der Waals surface area contributed by atoms with Gasteiger partial charge in [-0.05, 0) is 54.7 Å². The van der Waals surface area contributed by atoms with Crippen LogP contribution in [-0.4, -0.2) is 59.9 Å². The van der Waals surface area contributed by atoms with E-state index < -0.39 is 17.9 Å². The summed E-state index contributed by atoms with van der Waals surface area (Å²) in [6.07, 6.45) is 0.959. The Kier molecular flexibility index (Phi) is 10.4. The summed E-state index contributed by atoms with van der Waals surface area (Å²) in [5.74, 6) is -1.66. The van der Waals surface area contributed by atoms with Crippen LogP contribution in [0.15, 0.2) is 72.8 Å². The number of carboxylic acids is 1. The lowest BCUT2D eigenvalue weighted by Gasteiger charge is -2.27. The smallest absolute Gasteiger partial charge is 0.305 e. The molecular formula is C35H42N4O5. The van der Waals surface area contributed by atoms with E-state index in [0.717, 1.165) is 17.7 Å². The zero-order chi connectivity index (χ0) is 31.9. The third-order valence-corrected chi connectivity index (χ3v) is 7.58. The standard InChI is InChI=1S/C35H42N4O5/c1-24-11-13-25(14-12-24)28(22-32(41)42)36-34(44)27-15-16-30(29(21-27)37-33(43)26-9-6-5-7-10-26)38-17-8-18-39(20-19-38)31(40)23-35(2,3)4/h5-7,9-16,21,28H,8,17-20,22-23H2,1-4H3,(H,36,44)(H,37,43)(H,41,42). The van der Waals surface area contributed by atoms with Gasteiger partial charge in [0.2, 0.25) is 5.91 Å². The molecular weight excluding hydrogens is 556 g/mol. The predicted molar refractivity (Wildman–Crippen MR) is 172 cm³/mol. The van der Waals surface area contributed by atoms with Crippen molar-refractivity contribution in [2.45, 2.75) is 53.0 Å². The van der Waals surface area contributed by atoms with E-state index in [9.17, 15) is 24.3 Å². The van der Waals surface area contributed by atoms with E-state index >= 15 is 0 Å². The van der Waals surface area contributed by atoms with Gasteiger partial charge in [-0.15, -0.1) is 0 Å². The number of nitrogens with one attached hydrogen (secondary N) is 2. The average molecular weight is 599 g/mol. The summed E-state index contributed by atoms with van der Waals surface area (Å²) in [6, 6.07) is 20.6. The Labute approximate surface area is 259 Å². The second kappa shape index (κ2) is 14.2. The topological polar surface area (TPSA) is 119 Å². The molecule has 1 atom stereocenters. The molecule has 0 saturated carbocycles. The van der Waals surface area contributed by atoms with Crippen molar-refractivity contribution in [1.82, 2.24) is 10.2 Å². The van der Waals surface area contributed by atoms with Gasteiger partial charge in [0, 0.05) is 43.7 Å². The van der Waals surface area contributed by atoms with E-state index in [-0.39, 0.29) is 29.2 Å². The van der Waals surface area contributed by atoms with Crippen LogP contribution < -0.4 is 15.5 Å². The van der Waals surface area contributed by atoms with Crippen LogP contribution in [0.3, 0.4) is 0 Å². The third kappa shape index (κ3) is 8.92. The zero-order valence-electron chi connectivity index (χ0n) is 25.9. The molecule has 1 aliphatic heterocycles. The molecule has 3 N–H and O–H groups in total. The van der Waals surface area contributed by atoms with E-state index in [4.69, 9.17) is 0 Å². The van der Waals surface area contributed by atoms with Crippen molar-refractivity contribution in [3.05, 3.63) is 95.1 Å². The van der Waals surface area contributed by atoms with E-state index in [0.29, 0.717) is 49.4 Å². The summed E-state index contributed by atoms with van der Waals surface area (Å²) < 4.78 is 0. The van der Waals surface area contributed by atoms with Crippen LogP contribution in [0.1, 0.15) is 77.9 Å². The van der Waals surface area contributed by atoms with Gasteiger partial charge in [-0.1, -0.05) is 68.8 Å². The number of hydrogen-bond donors (Lipinski definition) is 3. The molecule has 1 saturated heterocycles. The van der Waals surface area contributed by atoms with Gasteiger partial charge in [0.15, 0.2) is 0 Å². The fraction of sp³-hybridized carbons (Fsp3) is 0.371. The van der Waals surface area contributed by atoms with Crippen LogP contribution in [0, 0.1) is 12.3 Å². The molecule has 232 valence electrons. The van der Waals surface area contributed by atoms with E-state index in [1.807, 2.05) is 42.2 Å². The molecule has 3 aromatic rings. The SMILES string of the molecule is Cc1ccc(C(CC(=O)O)NC(=O)c2ccc(N3CCCN(C(=O)CC(C)(C)C)CC3)c(NC(=O)c3ccccc3)c2)cc1. The lowest BCUT2D eigenvalue weighted by molar-refractivity contribution is -0.137. The zero-order valence-corrected chi connectivity index (χ0v) is 25.9. The van der Waals surface area contributed by atoms with Crippen molar-refractivity contribution >= 4 is 35.1 Å². The Balaban J connectivity index is 1.60. The summed E-state index contributed by atoms with van der Waals surface area (Å²) in [4.78, 5) is 55.3. The van der Waals surface area contributed by atoms with Gasteiger partial charge < -0.3 is 25.5 Å². The van der Waals surface area contributed by atoms with Gasteiger partial charge in [-0.25, -0.2) is 0 Å². The second-order valence-electron chi connectivity index (χ2n) is 12.5. The minimum atomic E-state index is -1.03. The number of carbonyl (C=O) groups excluding carboxylic acids is 3. The molecule has 1 fully saturated rings. The first-order valence-corrected chi connectivity index (χ1v) is 15.0. The Morgan fingerprint density at radius 2 is 1.55 bits per heavy atom. The highest BCUT2D eigenvalue weighted by atomic mass is 16.4. The van der Waals surface area contributed by atoms with Crippen LogP contribution in [-0.2, 0) is 9.59 Å². The highest BCUT2D eigenvalue weighted by molar-refractivity contribution is 6.07. The van der Waals surface area contributed by atoms with Gasteiger partial charge >= 0.3 is 5.97 Å². The van der Waals surface area contributed by atoms with Crippen molar-refractivity contribution in [2.75, 3.05) is 36.4 Å². The quantitative estimate of drug-likeness (QED) is 0.292. The summed E-state index contributed by atoms with van der Waals surface area (Å²) in [5.41, 5.74) is 3.59. The summed E-state index contributed by atoms with van der Waals surface area (Å²) in [7, 11) is 0. The number of amides is 3. The molecule has 1 heterocycles. The highest BCUT2D eigenvalue weighted by Crippen LogP contribution is 2.30. The number of aryl methyl sites for hydroxylation is 1. The number of carboxylic acid groups (broad SMARTS) is 1. The van der Waals surface area contributed by atoms with E-state index in [1.165, 1.54) is 0 Å². The first kappa shape index (κ1) is 32.3. The van der Waals surface area contributed by atoms with Crippen LogP contribution in [0.5, 0.6) is 0 Å². The molecule has 0 aromatic heterocycles. The fourth-order valence-electron chi connectivity index (χ4n) is 5.28. The molecule has 0 radical (unpaired) electrons. The van der Waals surface area contributed by atoms with Crippen LogP contribution in [0.25, 0.3) is 0 Å². The minimum absolute atomic E-state index is 0.0999. The summed E-state index contributed by atoms with van der Waals surface area (Å²) >= 11 is 0. The number of rotatable bonds is 9. The normalized spacial score (nSPS) is 14.4. The number of nitrogens with zero attached hydrogens (tertiary/aromatic N) is 2. The number of aliphatic carboxylic acids is 1. The lowest BCUT2D eigenvalue weighted by Crippen LogP contribution is -2.37. The fourth-order valence-corrected chi connectivity index (χ4v) is 5.28. The van der Waals surface area contributed by atoms with Crippen molar-refractivity contribution in [2.24, 2.45) is 5.41 Å². The molecule has 44 heavy (non-hydrogen) atoms. The lowest BCUT2D eigenvalue weighted by atomic mass is 9.91. The maximum atomic E-state index is 13.5. The van der Waals surface area contributed by atoms with Crippen molar-refractivity contribution in [1.29, 1.82) is 0 Å². The Hall–Kier alpha value is -4.66. The Morgan fingerprint density at radius 1 is 0.841 bits per heavy atom. The van der Waals surface area contributed by atoms with Gasteiger partial charge in [-0.3, -0.25) is 19.2 Å². The predicted octanol–water partition coefficient (Wildman–Crippen LogP) is 5.67. The van der Waals surface area contributed by atoms with Crippen LogP contribution >= 0.6 is 0 Å². The Morgan fingerprint density at radius 3 is 2.20 bits per heavy atom. The molecule has 1 aliphatic rings. The van der Waals surface area contributed by atoms with Gasteiger partial charge in [0.05, 0.1) is 23.8 Å². The molecule has 4 rings (SSSR count). The van der Waals surface area contributed by atoms with Crippen molar-refractivity contribution < 1.29 is 24.3 Å². The number of benzene rings is 3. The second-order valence-corrected chi connectivity index (χ2v) is 12.5. The molecule has 3 aromatic carbocycles. The number of carbonyl (C=O) groups is 4. The summed E-state index contributed by atoms with van der Waals surface area (Å²) in [6.45, 7) is 10.6. The molecule has 0 spiro atoms. The highest BCUT2D eigenvalue weighted by Gasteiger charge is 2.26. The molecule has 3 amide bonds. The van der Waals surface area contributed by atoms with Gasteiger partial charge in [0.25, 0.3) is 11.8 Å². The first-order valence-electron chi connectivity index (χ1n) is 15.0. The third-order valence-electron chi connectivity index (χ3n) is 7.58. The largest absolute Gasteiger partial charge is 0.481 e. The first-order chi connectivity index (χ1) is 20.9. The van der Waals surface area contributed by atoms with E-state index in [1.54, 1.807) is 42.5 Å². The number of anilines is 2. The minimum Gasteiger partial charge on any atom is -0.481 e. The molecule has 0 aliphatic carbocycles. The van der Waals surface area contributed by atoms with Crippen molar-refractivity contribution in [3.8, 4) is 0 Å². The van der Waals surface area contributed by atoms with Crippen molar-refractivity contribution in [3.63, 3.8) is 0 Å². The van der Waals surface area contributed by atoms with Crippen LogP contribution in [0.4, 0.5) is 11.4 Å². The molecule has 1 unspecified atom stereocenters. The van der Waals surface area contributed by atoms with Gasteiger partial charge in [0.1, 0.15) is 0 Å². The Bertz CT molecular complexity index is 1480. The molecule has 9 nitrogen and oxygen atoms in total. The monoisotopic (exact) mass is 598 g/mol.